The second-order valence-corrected chi connectivity index (χ2v) is 4.57. The Morgan fingerprint density at radius 3 is 2.22 bits per heavy atom. The predicted molar refractivity (Wildman–Crippen MR) is 67.4 cm³/mol. The van der Waals surface area contributed by atoms with Crippen molar-refractivity contribution in [1.29, 1.82) is 0 Å². The van der Waals surface area contributed by atoms with Crippen LogP contribution in [0.2, 0.25) is 0 Å². The van der Waals surface area contributed by atoms with Gasteiger partial charge in [0.25, 0.3) is 0 Å². The highest BCUT2D eigenvalue weighted by atomic mass is 16.4. The first-order valence-corrected chi connectivity index (χ1v) is 5.99. The highest BCUT2D eigenvalue weighted by Gasteiger charge is 2.39. The van der Waals surface area contributed by atoms with Gasteiger partial charge in [0.1, 0.15) is 0 Å². The number of carboxylic acid groups (broad SMARTS) is 2. The van der Waals surface area contributed by atoms with Crippen LogP contribution in [0.4, 0.5) is 0 Å². The molecule has 0 saturated heterocycles. The summed E-state index contributed by atoms with van der Waals surface area (Å²) < 4.78 is 0. The van der Waals surface area contributed by atoms with E-state index in [2.05, 4.69) is 0 Å². The minimum atomic E-state index is -1.21. The lowest BCUT2D eigenvalue weighted by atomic mass is 9.75. The first-order chi connectivity index (χ1) is 8.50. The maximum atomic E-state index is 11.5. The van der Waals surface area contributed by atoms with Gasteiger partial charge < -0.3 is 10.2 Å². The topological polar surface area (TPSA) is 74.6 Å². The molecule has 0 amide bonds. The molecule has 4 nitrogen and oxygen atoms in total. The van der Waals surface area contributed by atoms with Gasteiger partial charge in [0.15, 0.2) is 0 Å². The normalized spacial score (nSPS) is 13.8. The molecule has 2 N–H and O–H groups in total. The van der Waals surface area contributed by atoms with Gasteiger partial charge in [-0.2, -0.15) is 0 Å². The average molecular weight is 250 g/mol. The lowest BCUT2D eigenvalue weighted by Gasteiger charge is -2.27. The summed E-state index contributed by atoms with van der Waals surface area (Å²) in [7, 11) is 0. The standard InChI is InChI=1S/C14H18O4/c1-2-8-14(13(17)18,10-12(15)16)9-11-6-4-3-5-7-11/h3-7H,2,8-10H2,1H3,(H,15,16)(H,17,18). The Balaban J connectivity index is 3.01. The molecule has 0 aromatic heterocycles. The van der Waals surface area contributed by atoms with Crippen molar-refractivity contribution in [3.8, 4) is 0 Å². The summed E-state index contributed by atoms with van der Waals surface area (Å²) in [6, 6.07) is 9.16. The maximum Gasteiger partial charge on any atom is 0.310 e. The second kappa shape index (κ2) is 6.19. The van der Waals surface area contributed by atoms with E-state index in [4.69, 9.17) is 5.11 Å². The highest BCUT2D eigenvalue weighted by molar-refractivity contribution is 5.81. The molecule has 0 spiro atoms. The third-order valence-corrected chi connectivity index (χ3v) is 3.06. The molecule has 98 valence electrons. The van der Waals surface area contributed by atoms with Gasteiger partial charge in [0, 0.05) is 0 Å². The van der Waals surface area contributed by atoms with E-state index in [0.717, 1.165) is 5.56 Å². The van der Waals surface area contributed by atoms with E-state index in [-0.39, 0.29) is 12.8 Å². The fourth-order valence-electron chi connectivity index (χ4n) is 2.25. The zero-order valence-electron chi connectivity index (χ0n) is 10.4. The Bertz CT molecular complexity index is 413. The van der Waals surface area contributed by atoms with Crippen LogP contribution in [0.1, 0.15) is 31.7 Å². The Morgan fingerprint density at radius 2 is 1.78 bits per heavy atom. The van der Waals surface area contributed by atoms with Gasteiger partial charge >= 0.3 is 11.9 Å². The number of hydrogen-bond donors (Lipinski definition) is 2. The van der Waals surface area contributed by atoms with E-state index in [1.165, 1.54) is 0 Å². The molecule has 1 aromatic carbocycles. The quantitative estimate of drug-likeness (QED) is 0.780. The number of hydrogen-bond acceptors (Lipinski definition) is 2. The van der Waals surface area contributed by atoms with E-state index in [0.29, 0.717) is 12.8 Å². The summed E-state index contributed by atoms with van der Waals surface area (Å²) >= 11 is 0. The average Bonchev–Trinajstić information content (AvgIpc) is 2.29. The number of carboxylic acids is 2. The third kappa shape index (κ3) is 3.58. The van der Waals surface area contributed by atoms with Crippen molar-refractivity contribution < 1.29 is 19.8 Å². The zero-order valence-corrected chi connectivity index (χ0v) is 10.4. The van der Waals surface area contributed by atoms with Crippen LogP contribution < -0.4 is 0 Å². The lowest BCUT2D eigenvalue weighted by Crippen LogP contribution is -2.35. The monoisotopic (exact) mass is 250 g/mol. The first kappa shape index (κ1) is 14.2. The Labute approximate surface area is 106 Å². The summed E-state index contributed by atoms with van der Waals surface area (Å²) in [5, 5.41) is 18.3. The molecule has 1 aromatic rings. The van der Waals surface area contributed by atoms with Gasteiger partial charge in [0.05, 0.1) is 11.8 Å². The Morgan fingerprint density at radius 1 is 1.17 bits per heavy atom. The summed E-state index contributed by atoms with van der Waals surface area (Å²) in [5.41, 5.74) is -0.350. The molecular weight excluding hydrogens is 232 g/mol. The van der Waals surface area contributed by atoms with E-state index in [1.54, 1.807) is 0 Å². The number of benzene rings is 1. The third-order valence-electron chi connectivity index (χ3n) is 3.06. The number of rotatable bonds is 7. The van der Waals surface area contributed by atoms with Gasteiger partial charge in [-0.15, -0.1) is 0 Å². The first-order valence-electron chi connectivity index (χ1n) is 5.99. The summed E-state index contributed by atoms with van der Waals surface area (Å²) in [4.78, 5) is 22.4. The summed E-state index contributed by atoms with van der Waals surface area (Å²) in [6.07, 6.45) is 0.921. The van der Waals surface area contributed by atoms with Gasteiger partial charge in [-0.25, -0.2) is 0 Å². The lowest BCUT2D eigenvalue weighted by molar-refractivity contribution is -0.156. The highest BCUT2D eigenvalue weighted by Crippen LogP contribution is 2.33. The van der Waals surface area contributed by atoms with Gasteiger partial charge in [0.2, 0.25) is 0 Å². The molecular formula is C14H18O4. The van der Waals surface area contributed by atoms with Crippen molar-refractivity contribution in [2.45, 2.75) is 32.6 Å². The molecule has 1 unspecified atom stereocenters. The van der Waals surface area contributed by atoms with Crippen molar-refractivity contribution in [3.05, 3.63) is 35.9 Å². The van der Waals surface area contributed by atoms with Crippen molar-refractivity contribution in [3.63, 3.8) is 0 Å². The zero-order chi connectivity index (χ0) is 13.6. The molecule has 0 radical (unpaired) electrons. The van der Waals surface area contributed by atoms with E-state index in [1.807, 2.05) is 37.3 Å². The molecule has 1 rings (SSSR count). The molecule has 18 heavy (non-hydrogen) atoms. The summed E-state index contributed by atoms with van der Waals surface area (Å²) in [6.45, 7) is 1.87. The van der Waals surface area contributed by atoms with Crippen LogP contribution in [-0.4, -0.2) is 22.2 Å². The SMILES string of the molecule is CCCC(CC(=O)O)(Cc1ccccc1)C(=O)O. The van der Waals surface area contributed by atoms with Crippen molar-refractivity contribution in [2.75, 3.05) is 0 Å². The van der Waals surface area contributed by atoms with Crippen molar-refractivity contribution in [1.82, 2.24) is 0 Å². The van der Waals surface area contributed by atoms with Crippen molar-refractivity contribution in [2.24, 2.45) is 5.41 Å². The Hall–Kier alpha value is -1.84. The molecule has 0 heterocycles. The van der Waals surface area contributed by atoms with E-state index < -0.39 is 17.4 Å². The van der Waals surface area contributed by atoms with Gasteiger partial charge in [-0.05, 0) is 18.4 Å². The molecule has 0 aliphatic carbocycles. The van der Waals surface area contributed by atoms with Crippen LogP contribution in [0.3, 0.4) is 0 Å². The molecule has 0 fully saturated rings. The molecule has 0 aliphatic rings. The molecule has 4 heteroatoms. The van der Waals surface area contributed by atoms with Crippen LogP contribution in [0.15, 0.2) is 30.3 Å². The van der Waals surface area contributed by atoms with Crippen LogP contribution in [0.25, 0.3) is 0 Å². The van der Waals surface area contributed by atoms with E-state index >= 15 is 0 Å². The van der Waals surface area contributed by atoms with Crippen LogP contribution in [0.5, 0.6) is 0 Å². The smallest absolute Gasteiger partial charge is 0.310 e. The second-order valence-electron chi connectivity index (χ2n) is 4.57. The van der Waals surface area contributed by atoms with Gasteiger partial charge in [-0.1, -0.05) is 43.7 Å². The summed E-state index contributed by atoms with van der Waals surface area (Å²) in [5.74, 6) is -2.10. The van der Waals surface area contributed by atoms with Crippen molar-refractivity contribution >= 4 is 11.9 Å². The maximum absolute atomic E-state index is 11.5. The fraction of sp³-hybridized carbons (Fsp3) is 0.429. The fourth-order valence-corrected chi connectivity index (χ4v) is 2.25. The molecule has 0 aliphatic heterocycles. The predicted octanol–water partition coefficient (Wildman–Crippen LogP) is 2.57. The van der Waals surface area contributed by atoms with E-state index in [9.17, 15) is 14.7 Å². The van der Waals surface area contributed by atoms with Crippen LogP contribution in [0, 0.1) is 5.41 Å². The minimum Gasteiger partial charge on any atom is -0.481 e. The number of carbonyl (C=O) groups is 2. The molecule has 0 bridgehead atoms. The van der Waals surface area contributed by atoms with Crippen LogP contribution in [-0.2, 0) is 16.0 Å². The Kier molecular flexibility index (Phi) is 4.89. The molecule has 0 saturated carbocycles. The number of aliphatic carboxylic acids is 2. The largest absolute Gasteiger partial charge is 0.481 e. The minimum absolute atomic E-state index is 0.253. The van der Waals surface area contributed by atoms with Crippen LogP contribution >= 0.6 is 0 Å². The van der Waals surface area contributed by atoms with Gasteiger partial charge in [-0.3, -0.25) is 9.59 Å². The molecule has 1 atom stereocenters.